The summed E-state index contributed by atoms with van der Waals surface area (Å²) < 4.78 is 1.06. The summed E-state index contributed by atoms with van der Waals surface area (Å²) in [6.45, 7) is 5.98. The largest absolute Gasteiger partial charge is 0.506 e. The normalized spacial score (nSPS) is 11.7. The molecule has 1 N–H and O–H groups in total. The zero-order chi connectivity index (χ0) is 22.0. The minimum absolute atomic E-state index is 0.106. The molecule has 0 aliphatic heterocycles. The summed E-state index contributed by atoms with van der Waals surface area (Å²) in [6.07, 6.45) is 0. The summed E-state index contributed by atoms with van der Waals surface area (Å²) >= 11 is 2.26. The van der Waals surface area contributed by atoms with E-state index in [2.05, 4.69) is 49.1 Å². The Morgan fingerprint density at radius 3 is 2.06 bits per heavy atom. The third kappa shape index (κ3) is 4.64. The molecule has 0 bridgehead atoms. The van der Waals surface area contributed by atoms with Crippen molar-refractivity contribution in [1.82, 2.24) is 0 Å². The first-order valence-electron chi connectivity index (χ1n) is 9.84. The zero-order valence-electron chi connectivity index (χ0n) is 17.5. The monoisotopic (exact) mass is 520 g/mol. The van der Waals surface area contributed by atoms with Crippen molar-refractivity contribution < 1.29 is 5.11 Å². The zero-order valence-corrected chi connectivity index (χ0v) is 19.6. The fourth-order valence-electron chi connectivity index (χ4n) is 3.26. The molecule has 154 valence electrons. The van der Waals surface area contributed by atoms with Crippen molar-refractivity contribution in [2.45, 2.75) is 20.8 Å². The van der Waals surface area contributed by atoms with Gasteiger partial charge in [-0.1, -0.05) is 36.4 Å². The lowest BCUT2D eigenvalue weighted by atomic mass is 10.1. The van der Waals surface area contributed by atoms with E-state index in [1.165, 1.54) is 0 Å². The van der Waals surface area contributed by atoms with Crippen LogP contribution in [-0.2, 0) is 0 Å². The maximum Gasteiger partial charge on any atom is 0.143 e. The highest BCUT2D eigenvalue weighted by atomic mass is 127. The Morgan fingerprint density at radius 2 is 1.32 bits per heavy atom. The number of rotatable bonds is 4. The molecule has 4 aromatic carbocycles. The van der Waals surface area contributed by atoms with E-state index in [1.54, 1.807) is 6.07 Å². The lowest BCUT2D eigenvalue weighted by Crippen LogP contribution is -1.81. The van der Waals surface area contributed by atoms with E-state index in [1.807, 2.05) is 75.4 Å². The number of aromatic hydroxyl groups is 1. The van der Waals surface area contributed by atoms with Crippen molar-refractivity contribution >= 4 is 56.1 Å². The van der Waals surface area contributed by atoms with Crippen LogP contribution < -0.4 is 0 Å². The van der Waals surface area contributed by atoms with Gasteiger partial charge in [0.05, 0.1) is 17.1 Å². The van der Waals surface area contributed by atoms with Crippen LogP contribution in [0.4, 0.5) is 22.7 Å². The van der Waals surface area contributed by atoms with Gasteiger partial charge in [-0.25, -0.2) is 0 Å². The molecule has 0 fully saturated rings. The van der Waals surface area contributed by atoms with E-state index in [-0.39, 0.29) is 5.75 Å². The van der Waals surface area contributed by atoms with Gasteiger partial charge in [-0.05, 0) is 95.8 Å². The van der Waals surface area contributed by atoms with Gasteiger partial charge in [0.15, 0.2) is 0 Å². The molecular formula is C25H21IN4O. The minimum atomic E-state index is 0.106. The predicted molar refractivity (Wildman–Crippen MR) is 134 cm³/mol. The quantitative estimate of drug-likeness (QED) is 0.212. The molecule has 5 nitrogen and oxygen atoms in total. The summed E-state index contributed by atoms with van der Waals surface area (Å²) in [5.74, 6) is 0.106. The van der Waals surface area contributed by atoms with Crippen molar-refractivity contribution in [2.24, 2.45) is 20.5 Å². The lowest BCUT2D eigenvalue weighted by molar-refractivity contribution is 0.477. The van der Waals surface area contributed by atoms with Crippen LogP contribution in [0.25, 0.3) is 10.8 Å². The molecule has 0 spiro atoms. The van der Waals surface area contributed by atoms with Gasteiger partial charge in [-0.2, -0.15) is 10.2 Å². The molecule has 0 saturated heterocycles. The maximum absolute atomic E-state index is 10.3. The maximum atomic E-state index is 10.3. The molecule has 0 unspecified atom stereocenters. The number of fused-ring (bicyclic) bond motifs is 1. The Balaban J connectivity index is 1.66. The predicted octanol–water partition coefficient (Wildman–Crippen LogP) is 8.91. The Morgan fingerprint density at radius 1 is 0.677 bits per heavy atom. The van der Waals surface area contributed by atoms with Gasteiger partial charge < -0.3 is 5.11 Å². The van der Waals surface area contributed by atoms with Gasteiger partial charge in [-0.15, -0.1) is 10.2 Å². The van der Waals surface area contributed by atoms with E-state index in [4.69, 9.17) is 0 Å². The SMILES string of the molecule is Cc1ccc(I)c(/N=N/c2cc(C)c(/N=N/c3c(O)ccc4ccccc34)cc2C)c1. The minimum Gasteiger partial charge on any atom is -0.506 e. The van der Waals surface area contributed by atoms with Crippen LogP contribution >= 0.6 is 22.6 Å². The van der Waals surface area contributed by atoms with Gasteiger partial charge in [-0.3, -0.25) is 0 Å². The number of azo groups is 2. The second kappa shape index (κ2) is 8.93. The third-order valence-corrected chi connectivity index (χ3v) is 5.93. The molecule has 0 atom stereocenters. The third-order valence-electron chi connectivity index (χ3n) is 5.02. The molecular weight excluding hydrogens is 499 g/mol. The number of benzene rings is 4. The highest BCUT2D eigenvalue weighted by Gasteiger charge is 2.08. The molecule has 0 aromatic heterocycles. The summed E-state index contributed by atoms with van der Waals surface area (Å²) in [5, 5.41) is 29.9. The molecule has 0 amide bonds. The number of nitrogens with zero attached hydrogens (tertiary/aromatic N) is 4. The van der Waals surface area contributed by atoms with Crippen molar-refractivity contribution in [3.63, 3.8) is 0 Å². The highest BCUT2D eigenvalue weighted by Crippen LogP contribution is 2.37. The van der Waals surface area contributed by atoms with Gasteiger partial charge in [0, 0.05) is 8.96 Å². The first kappa shape index (κ1) is 21.1. The number of phenolic OH excluding ortho intramolecular Hbond substituents is 1. The molecule has 6 heteroatoms. The van der Waals surface area contributed by atoms with Crippen LogP contribution in [0.2, 0.25) is 0 Å². The molecule has 0 saturated carbocycles. The number of hydrogen-bond donors (Lipinski definition) is 1. The van der Waals surface area contributed by atoms with E-state index >= 15 is 0 Å². The molecule has 4 rings (SSSR count). The summed E-state index contributed by atoms with van der Waals surface area (Å²) in [4.78, 5) is 0. The summed E-state index contributed by atoms with van der Waals surface area (Å²) in [7, 11) is 0. The molecule has 0 heterocycles. The second-order valence-electron chi connectivity index (χ2n) is 7.43. The van der Waals surface area contributed by atoms with Crippen LogP contribution in [0.5, 0.6) is 5.75 Å². The number of aryl methyl sites for hydroxylation is 3. The van der Waals surface area contributed by atoms with E-state index < -0.39 is 0 Å². The van der Waals surface area contributed by atoms with Crippen LogP contribution in [0.1, 0.15) is 16.7 Å². The number of phenols is 1. The second-order valence-corrected chi connectivity index (χ2v) is 8.60. The van der Waals surface area contributed by atoms with Crippen LogP contribution in [0.3, 0.4) is 0 Å². The van der Waals surface area contributed by atoms with Crippen molar-refractivity contribution in [3.05, 3.63) is 87.0 Å². The number of hydrogen-bond acceptors (Lipinski definition) is 5. The van der Waals surface area contributed by atoms with E-state index in [0.29, 0.717) is 5.69 Å². The first-order chi connectivity index (χ1) is 14.9. The van der Waals surface area contributed by atoms with Crippen LogP contribution in [0.15, 0.2) is 87.2 Å². The fourth-order valence-corrected chi connectivity index (χ4v) is 3.70. The van der Waals surface area contributed by atoms with Gasteiger partial charge >= 0.3 is 0 Å². The Labute approximate surface area is 194 Å². The molecule has 4 aromatic rings. The average molecular weight is 520 g/mol. The molecule has 0 aliphatic rings. The van der Waals surface area contributed by atoms with Gasteiger partial charge in [0.1, 0.15) is 11.4 Å². The molecule has 0 radical (unpaired) electrons. The van der Waals surface area contributed by atoms with Crippen molar-refractivity contribution in [2.75, 3.05) is 0 Å². The topological polar surface area (TPSA) is 69.7 Å². The summed E-state index contributed by atoms with van der Waals surface area (Å²) in [5.41, 5.74) is 5.88. The van der Waals surface area contributed by atoms with Crippen molar-refractivity contribution in [3.8, 4) is 5.75 Å². The van der Waals surface area contributed by atoms with Crippen molar-refractivity contribution in [1.29, 1.82) is 0 Å². The van der Waals surface area contributed by atoms with Gasteiger partial charge in [0.2, 0.25) is 0 Å². The smallest absolute Gasteiger partial charge is 0.143 e. The highest BCUT2D eigenvalue weighted by molar-refractivity contribution is 14.1. The summed E-state index contributed by atoms with van der Waals surface area (Å²) in [6, 6.07) is 21.3. The Kier molecular flexibility index (Phi) is 6.08. The van der Waals surface area contributed by atoms with E-state index in [9.17, 15) is 5.11 Å². The Bertz CT molecular complexity index is 1350. The van der Waals surface area contributed by atoms with Crippen LogP contribution in [0, 0.1) is 24.3 Å². The molecule has 31 heavy (non-hydrogen) atoms. The average Bonchev–Trinajstić information content (AvgIpc) is 2.76. The molecule has 0 aliphatic carbocycles. The number of halogens is 1. The standard InChI is InChI=1S/C25H21IN4O/c1-15-8-10-20(26)23(12-15)29-27-21-13-17(3)22(14-16(21)2)28-30-25-19-7-5-4-6-18(19)9-11-24(25)31/h4-14,31H,1-3H3/b29-27+,30-28+. The fraction of sp³-hybridized carbons (Fsp3) is 0.120. The first-order valence-corrected chi connectivity index (χ1v) is 10.9. The van der Waals surface area contributed by atoms with Crippen LogP contribution in [-0.4, -0.2) is 5.11 Å². The lowest BCUT2D eigenvalue weighted by Gasteiger charge is -2.06. The Hall–Kier alpha value is -3.13. The van der Waals surface area contributed by atoms with E-state index in [0.717, 1.165) is 48.1 Å². The van der Waals surface area contributed by atoms with Gasteiger partial charge in [0.25, 0.3) is 0 Å².